The van der Waals surface area contributed by atoms with Gasteiger partial charge in [-0.05, 0) is 48.9 Å². The van der Waals surface area contributed by atoms with Crippen molar-refractivity contribution in [1.82, 2.24) is 29.7 Å². The molecule has 0 aliphatic carbocycles. The Morgan fingerprint density at radius 1 is 0.946 bits per heavy atom. The quantitative estimate of drug-likeness (QED) is 0.537. The molecule has 8 bridgehead atoms. The third kappa shape index (κ3) is 7.07. The molecule has 2 aromatic heterocycles. The number of nitrogens with zero attached hydrogens (tertiary/aromatic N) is 6. The van der Waals surface area contributed by atoms with Gasteiger partial charge in [-0.1, -0.05) is 18.2 Å². The maximum atomic E-state index is 12.7. The Morgan fingerprint density at radius 2 is 1.78 bits per heavy atom. The predicted molar refractivity (Wildman–Crippen MR) is 146 cm³/mol. The lowest BCUT2D eigenvalue weighted by molar-refractivity contribution is -0.120. The summed E-state index contributed by atoms with van der Waals surface area (Å²) in [5.74, 6) is 0.891. The first-order valence-electron chi connectivity index (χ1n) is 13.1. The van der Waals surface area contributed by atoms with Crippen LogP contribution in [0.25, 0.3) is 11.3 Å². The van der Waals surface area contributed by atoms with Gasteiger partial charge >= 0.3 is 0 Å². The molecule has 8 heteroatoms. The standard InChI is InChI=1S/C29H35N7O/c1-2-12-34-13-4-7-27(37)22-36-16-14-35(15-17-36)20-23-5-3-6-25(18-23)32-29-30-11-10-28(33-29)24-8-9-26(21-34)31-19-24/h2-3,5-6,8-11,18-19H,1,4,7,12-17,20-22H2,(H,30,32,33). The van der Waals surface area contributed by atoms with Crippen LogP contribution in [0.15, 0.2) is 67.5 Å². The number of carbonyl (C=O) groups is 1. The molecule has 0 saturated carbocycles. The summed E-state index contributed by atoms with van der Waals surface area (Å²) in [4.78, 5) is 33.6. The minimum Gasteiger partial charge on any atom is -0.324 e. The molecule has 0 amide bonds. The minimum atomic E-state index is 0.328. The maximum absolute atomic E-state index is 12.7. The summed E-state index contributed by atoms with van der Waals surface area (Å²) < 4.78 is 0. The molecule has 0 spiro atoms. The van der Waals surface area contributed by atoms with Gasteiger partial charge in [-0.3, -0.25) is 24.5 Å². The van der Waals surface area contributed by atoms with E-state index in [2.05, 4.69) is 55.8 Å². The molecule has 0 radical (unpaired) electrons. The van der Waals surface area contributed by atoms with E-state index in [9.17, 15) is 4.79 Å². The lowest BCUT2D eigenvalue weighted by Gasteiger charge is -2.34. The number of aromatic nitrogens is 3. The van der Waals surface area contributed by atoms with E-state index in [1.54, 1.807) is 6.20 Å². The third-order valence-corrected chi connectivity index (χ3v) is 6.93. The van der Waals surface area contributed by atoms with Crippen LogP contribution in [0.4, 0.5) is 11.6 Å². The number of Topliss-reactive ketones (excluding diaryl/α,β-unsaturated/α-hetero) is 1. The summed E-state index contributed by atoms with van der Waals surface area (Å²) in [5, 5.41) is 3.36. The van der Waals surface area contributed by atoms with Crippen LogP contribution in [-0.4, -0.2) is 81.2 Å². The first-order chi connectivity index (χ1) is 18.1. The van der Waals surface area contributed by atoms with E-state index < -0.39 is 0 Å². The number of hydrogen-bond donors (Lipinski definition) is 1. The second kappa shape index (κ2) is 12.2. The minimum absolute atomic E-state index is 0.328. The predicted octanol–water partition coefficient (Wildman–Crippen LogP) is 3.75. The number of ketones is 1. The molecule has 0 atom stereocenters. The second-order valence-electron chi connectivity index (χ2n) is 9.85. The molecule has 37 heavy (non-hydrogen) atoms. The van der Waals surface area contributed by atoms with Crippen LogP contribution in [0.3, 0.4) is 0 Å². The highest BCUT2D eigenvalue weighted by molar-refractivity contribution is 5.80. The van der Waals surface area contributed by atoms with Crippen LogP contribution in [-0.2, 0) is 17.9 Å². The molecule has 5 aliphatic heterocycles. The number of pyridine rings is 1. The van der Waals surface area contributed by atoms with Crippen LogP contribution in [0.1, 0.15) is 24.1 Å². The topological polar surface area (TPSA) is 77.5 Å². The van der Waals surface area contributed by atoms with Crippen LogP contribution in [0.5, 0.6) is 0 Å². The average Bonchev–Trinajstić information content (AvgIpc) is 2.90. The fourth-order valence-corrected chi connectivity index (χ4v) is 4.96. The van der Waals surface area contributed by atoms with Crippen molar-refractivity contribution in [2.24, 2.45) is 0 Å². The molecule has 0 unspecified atom stereocenters. The first kappa shape index (κ1) is 25.2. The Labute approximate surface area is 219 Å². The zero-order chi connectivity index (χ0) is 25.5. The van der Waals surface area contributed by atoms with Gasteiger partial charge in [0.25, 0.3) is 0 Å². The lowest BCUT2D eigenvalue weighted by atomic mass is 10.1. The number of piperazine rings is 1. The van der Waals surface area contributed by atoms with Crippen molar-refractivity contribution in [1.29, 1.82) is 0 Å². The number of nitrogens with one attached hydrogen (secondary N) is 1. The molecular weight excluding hydrogens is 462 g/mol. The van der Waals surface area contributed by atoms with E-state index in [1.807, 2.05) is 30.5 Å². The van der Waals surface area contributed by atoms with Crippen molar-refractivity contribution in [2.75, 3.05) is 51.1 Å². The number of carbonyl (C=O) groups excluding carboxylic acids is 1. The Balaban J connectivity index is 1.38. The van der Waals surface area contributed by atoms with Gasteiger partial charge in [0.05, 0.1) is 17.9 Å². The smallest absolute Gasteiger partial charge is 0.227 e. The summed E-state index contributed by atoms with van der Waals surface area (Å²) >= 11 is 0. The van der Waals surface area contributed by atoms with Crippen LogP contribution in [0.2, 0.25) is 0 Å². The summed E-state index contributed by atoms with van der Waals surface area (Å²) in [5.41, 5.74) is 4.96. The normalized spacial score (nSPS) is 21.4. The monoisotopic (exact) mass is 497 g/mol. The molecule has 7 heterocycles. The Hall–Kier alpha value is -3.46. The first-order valence-corrected chi connectivity index (χ1v) is 13.1. The summed E-state index contributed by atoms with van der Waals surface area (Å²) in [7, 11) is 0. The summed E-state index contributed by atoms with van der Waals surface area (Å²) in [6.07, 6.45) is 7.00. The van der Waals surface area contributed by atoms with Gasteiger partial charge in [-0.15, -0.1) is 6.58 Å². The zero-order valence-corrected chi connectivity index (χ0v) is 21.4. The fourth-order valence-electron chi connectivity index (χ4n) is 4.96. The van der Waals surface area contributed by atoms with Crippen molar-refractivity contribution in [3.05, 3.63) is 78.8 Å². The van der Waals surface area contributed by atoms with Gasteiger partial charge in [-0.25, -0.2) is 9.97 Å². The van der Waals surface area contributed by atoms with E-state index in [-0.39, 0.29) is 0 Å². The van der Waals surface area contributed by atoms with Gasteiger partial charge in [0, 0.05) is 75.9 Å². The average molecular weight is 498 g/mol. The molecule has 1 saturated heterocycles. The summed E-state index contributed by atoms with van der Waals surface area (Å²) in [6.45, 7) is 11.4. The highest BCUT2D eigenvalue weighted by atomic mass is 16.1. The zero-order valence-electron chi connectivity index (χ0n) is 21.4. The molecule has 1 aromatic carbocycles. The molecule has 1 fully saturated rings. The van der Waals surface area contributed by atoms with E-state index in [0.29, 0.717) is 24.7 Å². The second-order valence-corrected chi connectivity index (χ2v) is 9.85. The maximum Gasteiger partial charge on any atom is 0.227 e. The molecule has 192 valence electrons. The largest absolute Gasteiger partial charge is 0.324 e. The van der Waals surface area contributed by atoms with E-state index in [0.717, 1.165) is 81.4 Å². The Bertz CT molecular complexity index is 1200. The van der Waals surface area contributed by atoms with Gasteiger partial charge in [0.2, 0.25) is 5.95 Å². The summed E-state index contributed by atoms with van der Waals surface area (Å²) in [6, 6.07) is 14.4. The van der Waals surface area contributed by atoms with Crippen molar-refractivity contribution < 1.29 is 4.79 Å². The Morgan fingerprint density at radius 3 is 2.57 bits per heavy atom. The third-order valence-electron chi connectivity index (χ3n) is 6.93. The van der Waals surface area contributed by atoms with E-state index in [4.69, 9.17) is 9.97 Å². The number of benzene rings is 1. The molecule has 8 nitrogen and oxygen atoms in total. The van der Waals surface area contributed by atoms with Crippen LogP contribution >= 0.6 is 0 Å². The van der Waals surface area contributed by atoms with E-state index >= 15 is 0 Å². The van der Waals surface area contributed by atoms with Gasteiger partial charge in [-0.2, -0.15) is 0 Å². The molecule has 8 rings (SSSR count). The lowest BCUT2D eigenvalue weighted by Crippen LogP contribution is -2.47. The van der Waals surface area contributed by atoms with Crippen molar-refractivity contribution in [3.63, 3.8) is 0 Å². The van der Waals surface area contributed by atoms with Crippen molar-refractivity contribution in [3.8, 4) is 11.3 Å². The van der Waals surface area contributed by atoms with Crippen LogP contribution < -0.4 is 5.32 Å². The van der Waals surface area contributed by atoms with Gasteiger partial charge in [0.15, 0.2) is 0 Å². The number of hydrogen-bond acceptors (Lipinski definition) is 8. The fraction of sp³-hybridized carbons (Fsp3) is 0.379. The molecule has 5 aliphatic rings. The van der Waals surface area contributed by atoms with Crippen LogP contribution in [0, 0.1) is 0 Å². The SMILES string of the molecule is C=CCN1CCCC(=O)CN2CCN(CC2)Cc2cccc(c2)Nc2nccc(n2)-c2ccc(nc2)C1. The van der Waals surface area contributed by atoms with Gasteiger partial charge < -0.3 is 5.32 Å². The number of rotatable bonds is 2. The molecular formula is C29H35N7O. The van der Waals surface area contributed by atoms with Crippen molar-refractivity contribution in [2.45, 2.75) is 25.9 Å². The van der Waals surface area contributed by atoms with Crippen molar-refractivity contribution >= 4 is 17.4 Å². The molecule has 1 N–H and O–H groups in total. The van der Waals surface area contributed by atoms with E-state index in [1.165, 1.54) is 5.56 Å². The Kier molecular flexibility index (Phi) is 8.30. The highest BCUT2D eigenvalue weighted by Gasteiger charge is 2.19. The molecule has 3 aromatic rings. The highest BCUT2D eigenvalue weighted by Crippen LogP contribution is 2.21. The van der Waals surface area contributed by atoms with Gasteiger partial charge in [0.1, 0.15) is 5.78 Å². The number of anilines is 2.